The van der Waals surface area contributed by atoms with Gasteiger partial charge in [-0.25, -0.2) is 0 Å². The van der Waals surface area contributed by atoms with Gasteiger partial charge in [-0.05, 0) is 24.4 Å². The van der Waals surface area contributed by atoms with Gasteiger partial charge in [-0.15, -0.1) is 0 Å². The summed E-state index contributed by atoms with van der Waals surface area (Å²) in [7, 11) is 1.90. The molecule has 0 aliphatic heterocycles. The molecule has 1 unspecified atom stereocenters. The smallest absolute Gasteiger partial charge is 0.312 e. The number of benzene rings is 1. The largest absolute Gasteiger partial charge is 0.481 e. The van der Waals surface area contributed by atoms with Crippen LogP contribution in [0.2, 0.25) is 0 Å². The number of carbonyl (C=O) groups is 1. The second-order valence-electron chi connectivity index (χ2n) is 3.75. The Morgan fingerprint density at radius 1 is 1.40 bits per heavy atom. The third kappa shape index (κ3) is 1.50. The highest BCUT2D eigenvalue weighted by molar-refractivity contribution is 5.84. The van der Waals surface area contributed by atoms with E-state index in [1.165, 1.54) is 0 Å². The second-order valence-corrected chi connectivity index (χ2v) is 3.75. The summed E-state index contributed by atoms with van der Waals surface area (Å²) in [5, 5.41) is 10.1. The normalized spacial score (nSPS) is 12.9. The van der Waals surface area contributed by atoms with Crippen molar-refractivity contribution in [3.8, 4) is 0 Å². The SMILES string of the molecule is CC(C(=O)O)c1cc2ccccc2n1C. The molecule has 78 valence electrons. The fourth-order valence-electron chi connectivity index (χ4n) is 1.85. The van der Waals surface area contributed by atoms with E-state index in [0.29, 0.717) is 0 Å². The minimum absolute atomic E-state index is 0.470. The van der Waals surface area contributed by atoms with Crippen molar-refractivity contribution in [3.63, 3.8) is 0 Å². The third-order valence-corrected chi connectivity index (χ3v) is 2.80. The standard InChI is InChI=1S/C12H13NO2/c1-8(12(14)15)11-7-9-5-3-4-6-10(9)13(11)2/h3-8H,1-2H3,(H,14,15). The molecule has 0 aliphatic rings. The number of aryl methyl sites for hydroxylation is 1. The molecule has 1 aromatic carbocycles. The Morgan fingerprint density at radius 2 is 2.07 bits per heavy atom. The number of fused-ring (bicyclic) bond motifs is 1. The van der Waals surface area contributed by atoms with Crippen LogP contribution in [0.15, 0.2) is 30.3 Å². The van der Waals surface area contributed by atoms with Crippen molar-refractivity contribution in [2.75, 3.05) is 0 Å². The van der Waals surface area contributed by atoms with Gasteiger partial charge in [0, 0.05) is 18.3 Å². The summed E-state index contributed by atoms with van der Waals surface area (Å²) in [6, 6.07) is 9.84. The first-order valence-electron chi connectivity index (χ1n) is 4.88. The molecular formula is C12H13NO2. The van der Waals surface area contributed by atoms with Crippen molar-refractivity contribution in [1.29, 1.82) is 0 Å². The van der Waals surface area contributed by atoms with Crippen LogP contribution in [0.4, 0.5) is 0 Å². The lowest BCUT2D eigenvalue weighted by atomic mass is 10.1. The van der Waals surface area contributed by atoms with E-state index in [-0.39, 0.29) is 0 Å². The van der Waals surface area contributed by atoms with E-state index < -0.39 is 11.9 Å². The number of carboxylic acid groups (broad SMARTS) is 1. The average molecular weight is 203 g/mol. The minimum atomic E-state index is -0.791. The summed E-state index contributed by atoms with van der Waals surface area (Å²) >= 11 is 0. The summed E-state index contributed by atoms with van der Waals surface area (Å²) in [5.74, 6) is -1.26. The van der Waals surface area contributed by atoms with Gasteiger partial charge in [-0.3, -0.25) is 4.79 Å². The van der Waals surface area contributed by atoms with E-state index in [1.807, 2.05) is 41.9 Å². The fraction of sp³-hybridized carbons (Fsp3) is 0.250. The van der Waals surface area contributed by atoms with Crippen molar-refractivity contribution >= 4 is 16.9 Å². The van der Waals surface area contributed by atoms with Gasteiger partial charge in [-0.2, -0.15) is 0 Å². The van der Waals surface area contributed by atoms with E-state index in [1.54, 1.807) is 6.92 Å². The molecule has 0 saturated heterocycles. The zero-order chi connectivity index (χ0) is 11.0. The first kappa shape index (κ1) is 9.77. The maximum atomic E-state index is 10.9. The predicted molar refractivity (Wildman–Crippen MR) is 59.0 cm³/mol. The molecule has 1 atom stereocenters. The van der Waals surface area contributed by atoms with E-state index in [0.717, 1.165) is 16.6 Å². The van der Waals surface area contributed by atoms with Crippen molar-refractivity contribution in [3.05, 3.63) is 36.0 Å². The van der Waals surface area contributed by atoms with E-state index >= 15 is 0 Å². The number of aromatic nitrogens is 1. The van der Waals surface area contributed by atoms with Crippen molar-refractivity contribution < 1.29 is 9.90 Å². The Labute approximate surface area is 87.9 Å². The van der Waals surface area contributed by atoms with Gasteiger partial charge in [0.25, 0.3) is 0 Å². The van der Waals surface area contributed by atoms with Crippen LogP contribution in [0.3, 0.4) is 0 Å². The first-order valence-corrected chi connectivity index (χ1v) is 4.88. The predicted octanol–water partition coefficient (Wildman–Crippen LogP) is 2.37. The molecule has 1 aromatic heterocycles. The molecule has 0 spiro atoms. The number of nitrogens with zero attached hydrogens (tertiary/aromatic N) is 1. The topological polar surface area (TPSA) is 42.2 Å². The van der Waals surface area contributed by atoms with Crippen LogP contribution in [0, 0.1) is 0 Å². The Bertz CT molecular complexity index is 513. The molecule has 0 fully saturated rings. The molecular weight excluding hydrogens is 190 g/mol. The molecule has 3 heteroatoms. The summed E-state index contributed by atoms with van der Waals surface area (Å²) in [6.07, 6.45) is 0. The summed E-state index contributed by atoms with van der Waals surface area (Å²) < 4.78 is 1.94. The Balaban J connectivity index is 2.63. The van der Waals surface area contributed by atoms with Crippen LogP contribution < -0.4 is 0 Å². The Morgan fingerprint density at radius 3 is 2.67 bits per heavy atom. The number of rotatable bonds is 2. The van der Waals surface area contributed by atoms with Crippen LogP contribution in [0.1, 0.15) is 18.5 Å². The van der Waals surface area contributed by atoms with Gasteiger partial charge in [0.1, 0.15) is 0 Å². The van der Waals surface area contributed by atoms with Crippen LogP contribution in [-0.4, -0.2) is 15.6 Å². The van der Waals surface area contributed by atoms with E-state index in [9.17, 15) is 4.79 Å². The Kier molecular flexibility index (Phi) is 2.23. The van der Waals surface area contributed by atoms with Crippen molar-refractivity contribution in [1.82, 2.24) is 4.57 Å². The molecule has 0 saturated carbocycles. The zero-order valence-corrected chi connectivity index (χ0v) is 8.77. The van der Waals surface area contributed by atoms with Gasteiger partial charge >= 0.3 is 5.97 Å². The fourth-order valence-corrected chi connectivity index (χ4v) is 1.85. The number of aliphatic carboxylic acids is 1. The van der Waals surface area contributed by atoms with Gasteiger partial charge < -0.3 is 9.67 Å². The van der Waals surface area contributed by atoms with Crippen LogP contribution in [0.5, 0.6) is 0 Å². The molecule has 0 amide bonds. The highest BCUT2D eigenvalue weighted by atomic mass is 16.4. The van der Waals surface area contributed by atoms with Gasteiger partial charge in [0.05, 0.1) is 5.92 Å². The monoisotopic (exact) mass is 203 g/mol. The summed E-state index contributed by atoms with van der Waals surface area (Å²) in [5.41, 5.74) is 1.91. The molecule has 3 nitrogen and oxygen atoms in total. The molecule has 2 rings (SSSR count). The molecule has 2 aromatic rings. The highest BCUT2D eigenvalue weighted by Crippen LogP contribution is 2.24. The molecule has 0 radical (unpaired) electrons. The third-order valence-electron chi connectivity index (χ3n) is 2.80. The quantitative estimate of drug-likeness (QED) is 0.814. The summed E-state index contributed by atoms with van der Waals surface area (Å²) in [4.78, 5) is 10.9. The van der Waals surface area contributed by atoms with E-state index in [2.05, 4.69) is 0 Å². The number of carboxylic acids is 1. The van der Waals surface area contributed by atoms with E-state index in [4.69, 9.17) is 5.11 Å². The van der Waals surface area contributed by atoms with Crippen LogP contribution in [-0.2, 0) is 11.8 Å². The minimum Gasteiger partial charge on any atom is -0.481 e. The molecule has 1 N–H and O–H groups in total. The van der Waals surface area contributed by atoms with Gasteiger partial charge in [0.15, 0.2) is 0 Å². The molecule has 1 heterocycles. The second kappa shape index (κ2) is 3.42. The molecule has 0 aliphatic carbocycles. The molecule has 0 bridgehead atoms. The maximum Gasteiger partial charge on any atom is 0.312 e. The lowest BCUT2D eigenvalue weighted by molar-refractivity contribution is -0.138. The number of para-hydroxylation sites is 1. The van der Waals surface area contributed by atoms with Crippen molar-refractivity contribution in [2.24, 2.45) is 7.05 Å². The number of hydrogen-bond acceptors (Lipinski definition) is 1. The Hall–Kier alpha value is -1.77. The summed E-state index contributed by atoms with van der Waals surface area (Å²) in [6.45, 7) is 1.70. The van der Waals surface area contributed by atoms with Gasteiger partial charge in [-0.1, -0.05) is 18.2 Å². The average Bonchev–Trinajstić information content (AvgIpc) is 2.56. The number of hydrogen-bond donors (Lipinski definition) is 1. The zero-order valence-electron chi connectivity index (χ0n) is 8.77. The van der Waals surface area contributed by atoms with Crippen molar-refractivity contribution in [2.45, 2.75) is 12.8 Å². The first-order chi connectivity index (χ1) is 7.11. The highest BCUT2D eigenvalue weighted by Gasteiger charge is 2.18. The molecule has 15 heavy (non-hydrogen) atoms. The maximum absolute atomic E-state index is 10.9. The van der Waals surface area contributed by atoms with Crippen LogP contribution in [0.25, 0.3) is 10.9 Å². The lowest BCUT2D eigenvalue weighted by Gasteiger charge is -2.07. The lowest BCUT2D eigenvalue weighted by Crippen LogP contribution is -2.11. The van der Waals surface area contributed by atoms with Crippen LogP contribution >= 0.6 is 0 Å². The van der Waals surface area contributed by atoms with Gasteiger partial charge in [0.2, 0.25) is 0 Å².